The Morgan fingerprint density at radius 3 is 2.14 bits per heavy atom. The van der Waals surface area contributed by atoms with Gasteiger partial charge in [0.1, 0.15) is 5.75 Å². The van der Waals surface area contributed by atoms with Gasteiger partial charge in [-0.3, -0.25) is 9.35 Å². The Balaban J connectivity index is 0.000000488. The Morgan fingerprint density at radius 1 is 0.955 bits per heavy atom. The molecule has 0 radical (unpaired) electrons. The molecule has 44 heavy (non-hydrogen) atoms. The van der Waals surface area contributed by atoms with Crippen LogP contribution in [0.15, 0.2) is 83.8 Å². The third kappa shape index (κ3) is 9.22. The number of nitrogens with one attached hydrogen (secondary N) is 1. The summed E-state index contributed by atoms with van der Waals surface area (Å²) in [5, 5.41) is 0.632. The number of fused-ring (bicyclic) bond motifs is 1. The van der Waals surface area contributed by atoms with E-state index in [4.69, 9.17) is 17.7 Å². The Morgan fingerprint density at radius 2 is 1.55 bits per heavy atom. The fraction of sp³-hybridized carbons (Fsp3) is 0.286. The van der Waals surface area contributed by atoms with E-state index in [-0.39, 0.29) is 10.8 Å². The molecule has 0 unspecified atom stereocenters. The van der Waals surface area contributed by atoms with E-state index in [0.29, 0.717) is 18.0 Å². The van der Waals surface area contributed by atoms with Crippen molar-refractivity contribution in [2.24, 2.45) is 5.92 Å². The van der Waals surface area contributed by atoms with Crippen molar-refractivity contribution in [1.82, 2.24) is 14.6 Å². The molecule has 4 aromatic rings. The lowest BCUT2D eigenvalue weighted by Crippen LogP contribution is -2.42. The number of piperidine rings is 1. The van der Waals surface area contributed by atoms with Crippen molar-refractivity contribution >= 4 is 47.6 Å². The summed E-state index contributed by atoms with van der Waals surface area (Å²) in [5.74, 6) is 0.0518. The number of sulfonamides is 1. The van der Waals surface area contributed by atoms with Crippen LogP contribution >= 0.6 is 11.3 Å². The normalized spacial score (nSPS) is 14.9. The molecular formula is C28H28F3N3O7S3. The summed E-state index contributed by atoms with van der Waals surface area (Å²) in [7, 11) is -9.67. The maximum atomic E-state index is 12.6. The lowest BCUT2D eigenvalue weighted by atomic mass is 9.96. The summed E-state index contributed by atoms with van der Waals surface area (Å²) in [5.41, 5.74) is -3.39. The predicted molar refractivity (Wildman–Crippen MR) is 158 cm³/mol. The number of aromatic nitrogens is 1. The second kappa shape index (κ2) is 14.0. The van der Waals surface area contributed by atoms with Gasteiger partial charge in [-0.25, -0.2) is 18.1 Å². The molecule has 1 aliphatic rings. The molecule has 1 aromatic heterocycles. The van der Waals surface area contributed by atoms with E-state index >= 15 is 0 Å². The first-order valence-corrected chi connectivity index (χ1v) is 17.0. The molecule has 0 saturated carbocycles. The number of hydrogen-bond donors (Lipinski definition) is 2. The summed E-state index contributed by atoms with van der Waals surface area (Å²) in [6.07, 6.45) is 2.18. The Labute approximate surface area is 256 Å². The summed E-state index contributed by atoms with van der Waals surface area (Å²) >= 11 is 1.53. The molecule has 1 aliphatic heterocycles. The smallest absolute Gasteiger partial charge is 0.431 e. The largest absolute Gasteiger partial charge is 0.522 e. The van der Waals surface area contributed by atoms with Crippen molar-refractivity contribution < 1.29 is 44.1 Å². The fourth-order valence-electron chi connectivity index (χ4n) is 4.30. The zero-order chi connectivity index (χ0) is 32.0. The minimum Gasteiger partial charge on any atom is -0.431 e. The summed E-state index contributed by atoms with van der Waals surface area (Å²) in [4.78, 5) is 19.5. The van der Waals surface area contributed by atoms with Gasteiger partial charge in [0.2, 0.25) is 5.91 Å². The number of thiazole rings is 1. The van der Waals surface area contributed by atoms with Gasteiger partial charge in [-0.05, 0) is 74.3 Å². The maximum Gasteiger partial charge on any atom is 0.522 e. The number of nitrogens with zero attached hydrogens (tertiary/aromatic N) is 2. The molecular weight excluding hydrogens is 644 g/mol. The van der Waals surface area contributed by atoms with Gasteiger partial charge in [-0.1, -0.05) is 53.8 Å². The number of rotatable bonds is 8. The number of hydrogen-bond acceptors (Lipinski definition) is 9. The van der Waals surface area contributed by atoms with Crippen LogP contribution in [0, 0.1) is 5.92 Å². The van der Waals surface area contributed by atoms with Crippen molar-refractivity contribution in [1.29, 1.82) is 0 Å². The molecule has 10 nitrogen and oxygen atoms in total. The Bertz CT molecular complexity index is 1740. The van der Waals surface area contributed by atoms with E-state index in [1.165, 1.54) is 29.0 Å². The van der Waals surface area contributed by atoms with Crippen LogP contribution in [0.2, 0.25) is 0 Å². The van der Waals surface area contributed by atoms with Crippen molar-refractivity contribution in [2.75, 3.05) is 19.6 Å². The van der Waals surface area contributed by atoms with Crippen molar-refractivity contribution in [3.05, 3.63) is 84.4 Å². The minimum absolute atomic E-state index is 0.104. The molecule has 2 heterocycles. The lowest BCUT2D eigenvalue weighted by molar-refractivity contribution is -0.124. The molecule has 236 valence electrons. The van der Waals surface area contributed by atoms with Crippen LogP contribution in [0.5, 0.6) is 10.9 Å². The molecule has 0 atom stereocenters. The Kier molecular flexibility index (Phi) is 10.6. The highest BCUT2D eigenvalue weighted by atomic mass is 32.2. The lowest BCUT2D eigenvalue weighted by Gasteiger charge is -2.31. The van der Waals surface area contributed by atoms with E-state index in [1.807, 2.05) is 36.4 Å². The van der Waals surface area contributed by atoms with Crippen molar-refractivity contribution in [3.63, 3.8) is 0 Å². The molecule has 3 aromatic carbocycles. The van der Waals surface area contributed by atoms with Crippen LogP contribution in [-0.2, 0) is 31.4 Å². The first-order chi connectivity index (χ1) is 20.7. The molecule has 5 rings (SSSR count). The molecule has 2 N–H and O–H groups in total. The fourth-order valence-corrected chi connectivity index (χ4v) is 6.20. The van der Waals surface area contributed by atoms with Gasteiger partial charge in [0, 0.05) is 12.5 Å². The molecule has 1 fully saturated rings. The van der Waals surface area contributed by atoms with Gasteiger partial charge in [0.15, 0.2) is 0 Å². The number of likely N-dealkylation sites (tertiary alicyclic amines) is 1. The van der Waals surface area contributed by atoms with E-state index < -0.39 is 31.6 Å². The van der Waals surface area contributed by atoms with E-state index in [2.05, 4.69) is 26.7 Å². The number of ether oxygens (including phenoxy) is 1. The monoisotopic (exact) mass is 671 g/mol. The van der Waals surface area contributed by atoms with Crippen LogP contribution < -0.4 is 9.46 Å². The SMILES string of the molecule is O=C(NS(=O)(=O)c1ccccc1)C1CCN(CCc2ccc(Oc3nc4ccccc4s3)cc2)CC1.O=S(=O)(O)C(F)(F)F. The zero-order valence-corrected chi connectivity index (χ0v) is 25.4. The number of carbonyl (C=O) groups is 1. The summed E-state index contributed by atoms with van der Waals surface area (Å²) in [6.45, 7) is 2.42. The standard InChI is InChI=1S/C27H27N3O4S2.CHF3O3S/c31-26(29-36(32,33)23-6-2-1-3-7-23)21-15-18-30(19-16-21)17-14-20-10-12-22(13-11-20)34-27-28-24-8-4-5-9-25(24)35-27;2-1(3,4)8(5,6)7/h1-13,21H,14-19H2,(H,29,31);(H,5,6,7). The average Bonchev–Trinajstić information content (AvgIpc) is 3.39. The minimum atomic E-state index is -5.84. The third-order valence-corrected chi connectivity index (χ3v) is 9.52. The van der Waals surface area contributed by atoms with Crippen molar-refractivity contribution in [3.8, 4) is 10.9 Å². The topological polar surface area (TPSA) is 143 Å². The third-order valence-electron chi connectivity index (χ3n) is 6.66. The van der Waals surface area contributed by atoms with Crippen molar-refractivity contribution in [2.45, 2.75) is 29.7 Å². The van der Waals surface area contributed by atoms with Gasteiger partial charge in [-0.15, -0.1) is 0 Å². The predicted octanol–water partition coefficient (Wildman–Crippen LogP) is 5.24. The zero-order valence-electron chi connectivity index (χ0n) is 23.0. The van der Waals surface area contributed by atoms with Crippen LogP contribution in [-0.4, -0.2) is 62.3 Å². The van der Waals surface area contributed by atoms with Gasteiger partial charge in [0.05, 0.1) is 15.1 Å². The number of amides is 1. The quantitative estimate of drug-likeness (QED) is 0.190. The number of benzene rings is 3. The molecule has 0 aliphatic carbocycles. The van der Waals surface area contributed by atoms with E-state index in [9.17, 15) is 26.4 Å². The molecule has 16 heteroatoms. The molecule has 0 spiro atoms. The van der Waals surface area contributed by atoms with Gasteiger partial charge in [0.25, 0.3) is 15.2 Å². The highest BCUT2D eigenvalue weighted by Crippen LogP contribution is 2.31. The highest BCUT2D eigenvalue weighted by molar-refractivity contribution is 7.90. The second-order valence-electron chi connectivity index (χ2n) is 9.76. The average molecular weight is 672 g/mol. The van der Waals surface area contributed by atoms with Crippen LogP contribution in [0.25, 0.3) is 10.2 Å². The van der Waals surface area contributed by atoms with Gasteiger partial charge >= 0.3 is 15.6 Å². The van der Waals surface area contributed by atoms with Crippen LogP contribution in [0.1, 0.15) is 18.4 Å². The number of halogens is 3. The first-order valence-electron chi connectivity index (χ1n) is 13.2. The van der Waals surface area contributed by atoms with Gasteiger partial charge < -0.3 is 9.64 Å². The number of para-hydroxylation sites is 1. The molecule has 1 amide bonds. The van der Waals surface area contributed by atoms with E-state index in [0.717, 1.165) is 42.0 Å². The molecule has 0 bridgehead atoms. The number of carbonyl (C=O) groups excluding carboxylic acids is 1. The molecule has 1 saturated heterocycles. The number of alkyl halides is 3. The second-order valence-corrected chi connectivity index (χ2v) is 13.9. The first kappa shape index (κ1) is 33.3. The summed E-state index contributed by atoms with van der Waals surface area (Å²) in [6, 6.07) is 24.0. The van der Waals surface area contributed by atoms with Crippen LogP contribution in [0.4, 0.5) is 13.2 Å². The van der Waals surface area contributed by atoms with Crippen LogP contribution in [0.3, 0.4) is 0 Å². The Hall–Kier alpha value is -3.57. The highest BCUT2D eigenvalue weighted by Gasteiger charge is 2.44. The summed E-state index contributed by atoms with van der Waals surface area (Å²) < 4.78 is 91.7. The van der Waals surface area contributed by atoms with E-state index in [1.54, 1.807) is 18.2 Å². The maximum absolute atomic E-state index is 12.6. The van der Waals surface area contributed by atoms with Gasteiger partial charge in [-0.2, -0.15) is 21.6 Å².